The predicted molar refractivity (Wildman–Crippen MR) is 69.4 cm³/mol. The molecule has 0 heterocycles. The monoisotopic (exact) mass is 264 g/mol. The summed E-state index contributed by atoms with van der Waals surface area (Å²) in [6.45, 7) is 7.38. The number of nitro benzene ring substituents is 1. The molecular weight excluding hydrogens is 251 g/mol. The fourth-order valence-corrected chi connectivity index (χ4v) is 1.56. The molecule has 0 bridgehead atoms. The lowest BCUT2D eigenvalue weighted by Crippen LogP contribution is -2.31. The first-order valence-electron chi connectivity index (χ1n) is 5.46. The van der Waals surface area contributed by atoms with Gasteiger partial charge in [-0.1, -0.05) is 12.2 Å². The number of hydrogen-bond donors (Lipinski definition) is 0. The zero-order valence-corrected chi connectivity index (χ0v) is 10.2. The van der Waals surface area contributed by atoms with Gasteiger partial charge in [0.1, 0.15) is 11.4 Å². The van der Waals surface area contributed by atoms with Crippen LogP contribution in [0.15, 0.2) is 43.5 Å². The van der Waals surface area contributed by atoms with E-state index in [1.165, 1.54) is 17.1 Å². The Morgan fingerprint density at radius 3 is 2.42 bits per heavy atom. The fraction of sp³-hybridized carbons (Fsp3) is 0.154. The molecular formula is C13H13FN2O3. The van der Waals surface area contributed by atoms with Crippen LogP contribution >= 0.6 is 0 Å². The van der Waals surface area contributed by atoms with Crippen molar-refractivity contribution in [1.82, 2.24) is 4.90 Å². The van der Waals surface area contributed by atoms with Crippen LogP contribution in [0.4, 0.5) is 10.1 Å². The molecule has 19 heavy (non-hydrogen) atoms. The number of carbonyl (C=O) groups is 1. The largest absolute Gasteiger partial charge is 0.331 e. The van der Waals surface area contributed by atoms with E-state index in [9.17, 15) is 19.3 Å². The molecule has 1 rings (SSSR count). The summed E-state index contributed by atoms with van der Waals surface area (Å²) in [5, 5.41) is 10.8. The number of nitro groups is 1. The molecule has 0 aliphatic heterocycles. The van der Waals surface area contributed by atoms with Gasteiger partial charge in [-0.15, -0.1) is 13.2 Å². The van der Waals surface area contributed by atoms with Crippen LogP contribution in [-0.4, -0.2) is 28.8 Å². The van der Waals surface area contributed by atoms with Crippen LogP contribution in [0.5, 0.6) is 0 Å². The molecule has 100 valence electrons. The van der Waals surface area contributed by atoms with E-state index in [4.69, 9.17) is 0 Å². The van der Waals surface area contributed by atoms with Gasteiger partial charge in [-0.05, 0) is 12.1 Å². The highest BCUT2D eigenvalue weighted by Crippen LogP contribution is 2.21. The maximum absolute atomic E-state index is 13.2. The van der Waals surface area contributed by atoms with Gasteiger partial charge in [0.05, 0.1) is 4.92 Å². The maximum atomic E-state index is 13.2. The molecule has 1 amide bonds. The summed E-state index contributed by atoms with van der Waals surface area (Å²) in [4.78, 5) is 23.6. The van der Waals surface area contributed by atoms with Crippen molar-refractivity contribution in [3.8, 4) is 0 Å². The van der Waals surface area contributed by atoms with Gasteiger partial charge in [-0.25, -0.2) is 4.39 Å². The molecule has 0 aliphatic rings. The number of nitrogens with zero attached hydrogens (tertiary/aromatic N) is 2. The summed E-state index contributed by atoms with van der Waals surface area (Å²) in [6.07, 6.45) is 2.96. The maximum Gasteiger partial charge on any atom is 0.282 e. The van der Waals surface area contributed by atoms with Crippen molar-refractivity contribution in [2.45, 2.75) is 0 Å². The summed E-state index contributed by atoms with van der Waals surface area (Å²) in [5.41, 5.74) is -0.710. The zero-order chi connectivity index (χ0) is 14.4. The van der Waals surface area contributed by atoms with Crippen LogP contribution in [0.1, 0.15) is 10.4 Å². The van der Waals surface area contributed by atoms with E-state index < -0.39 is 22.3 Å². The van der Waals surface area contributed by atoms with Crippen molar-refractivity contribution < 1.29 is 14.1 Å². The van der Waals surface area contributed by atoms with Crippen molar-refractivity contribution in [2.24, 2.45) is 0 Å². The normalized spacial score (nSPS) is 9.74. The van der Waals surface area contributed by atoms with E-state index in [-0.39, 0.29) is 18.7 Å². The second kappa shape index (κ2) is 6.44. The summed E-state index contributed by atoms with van der Waals surface area (Å²) >= 11 is 0. The molecule has 0 unspecified atom stereocenters. The van der Waals surface area contributed by atoms with Crippen molar-refractivity contribution in [2.75, 3.05) is 13.1 Å². The number of halogens is 1. The van der Waals surface area contributed by atoms with Gasteiger partial charge in [-0.2, -0.15) is 0 Å². The molecule has 0 fully saturated rings. The van der Waals surface area contributed by atoms with Gasteiger partial charge in [0, 0.05) is 19.2 Å². The molecule has 5 nitrogen and oxygen atoms in total. The van der Waals surface area contributed by atoms with Crippen LogP contribution in [0.3, 0.4) is 0 Å². The third kappa shape index (κ3) is 3.48. The Morgan fingerprint density at radius 2 is 1.95 bits per heavy atom. The number of benzene rings is 1. The lowest BCUT2D eigenvalue weighted by Gasteiger charge is -2.19. The third-order valence-electron chi connectivity index (χ3n) is 2.37. The summed E-state index contributed by atoms with van der Waals surface area (Å²) < 4.78 is 13.2. The lowest BCUT2D eigenvalue weighted by molar-refractivity contribution is -0.385. The molecule has 0 saturated heterocycles. The number of carbonyl (C=O) groups excluding carboxylic acids is 1. The van der Waals surface area contributed by atoms with Crippen LogP contribution in [-0.2, 0) is 0 Å². The van der Waals surface area contributed by atoms with E-state index in [2.05, 4.69) is 13.2 Å². The van der Waals surface area contributed by atoms with E-state index in [1.807, 2.05) is 0 Å². The zero-order valence-electron chi connectivity index (χ0n) is 10.2. The molecule has 1 aromatic rings. The van der Waals surface area contributed by atoms with Gasteiger partial charge in [-0.3, -0.25) is 14.9 Å². The third-order valence-corrected chi connectivity index (χ3v) is 2.37. The van der Waals surface area contributed by atoms with E-state index >= 15 is 0 Å². The molecule has 1 aromatic carbocycles. The van der Waals surface area contributed by atoms with Gasteiger partial charge in [0.15, 0.2) is 0 Å². The summed E-state index contributed by atoms with van der Waals surface area (Å²) in [5.74, 6) is -1.34. The average Bonchev–Trinajstić information content (AvgIpc) is 2.37. The lowest BCUT2D eigenvalue weighted by atomic mass is 10.1. The topological polar surface area (TPSA) is 63.5 Å². The van der Waals surface area contributed by atoms with E-state index in [0.29, 0.717) is 0 Å². The van der Waals surface area contributed by atoms with Crippen LogP contribution in [0.25, 0.3) is 0 Å². The molecule has 0 N–H and O–H groups in total. The van der Waals surface area contributed by atoms with Crippen molar-refractivity contribution in [1.29, 1.82) is 0 Å². The standard InChI is InChI=1S/C13H13FN2O3/c1-3-7-15(8-4-2)13(17)11-9-10(14)5-6-12(11)16(18)19/h3-6,9H,1-2,7-8H2. The van der Waals surface area contributed by atoms with Gasteiger partial charge in [0.25, 0.3) is 11.6 Å². The second-order valence-electron chi connectivity index (χ2n) is 3.71. The van der Waals surface area contributed by atoms with Crippen molar-refractivity contribution in [3.05, 3.63) is 65.0 Å². The minimum Gasteiger partial charge on any atom is -0.331 e. The van der Waals surface area contributed by atoms with Gasteiger partial charge >= 0.3 is 0 Å². The van der Waals surface area contributed by atoms with Crippen LogP contribution in [0.2, 0.25) is 0 Å². The summed E-state index contributed by atoms with van der Waals surface area (Å²) in [6, 6.07) is 2.78. The first kappa shape index (κ1) is 14.6. The smallest absolute Gasteiger partial charge is 0.282 e. The van der Waals surface area contributed by atoms with Crippen molar-refractivity contribution in [3.63, 3.8) is 0 Å². The Balaban J connectivity index is 3.22. The highest BCUT2D eigenvalue weighted by Gasteiger charge is 2.24. The fourth-order valence-electron chi connectivity index (χ4n) is 1.56. The second-order valence-corrected chi connectivity index (χ2v) is 3.71. The van der Waals surface area contributed by atoms with Gasteiger partial charge < -0.3 is 4.90 Å². The molecule has 0 aliphatic carbocycles. The Labute approximate surface area is 109 Å². The number of rotatable bonds is 6. The Kier molecular flexibility index (Phi) is 4.93. The molecule has 6 heteroatoms. The molecule has 0 spiro atoms. The van der Waals surface area contributed by atoms with E-state index in [0.717, 1.165) is 18.2 Å². The molecule has 0 aromatic heterocycles. The minimum absolute atomic E-state index is 0.193. The SMILES string of the molecule is C=CCN(CC=C)C(=O)c1cc(F)ccc1[N+](=O)[O-]. The predicted octanol–water partition coefficient (Wildman–Crippen LogP) is 2.55. The Hall–Kier alpha value is -2.50. The summed E-state index contributed by atoms with van der Waals surface area (Å²) in [7, 11) is 0. The molecule has 0 radical (unpaired) electrons. The first-order chi connectivity index (χ1) is 9.01. The van der Waals surface area contributed by atoms with Gasteiger partial charge in [0.2, 0.25) is 0 Å². The minimum atomic E-state index is -0.716. The van der Waals surface area contributed by atoms with Crippen LogP contribution in [0, 0.1) is 15.9 Å². The average molecular weight is 264 g/mol. The Morgan fingerprint density at radius 1 is 1.37 bits per heavy atom. The molecule has 0 saturated carbocycles. The highest BCUT2D eigenvalue weighted by molar-refractivity contribution is 5.98. The van der Waals surface area contributed by atoms with Crippen molar-refractivity contribution >= 4 is 11.6 Å². The number of amides is 1. The first-order valence-corrected chi connectivity index (χ1v) is 5.46. The number of hydrogen-bond acceptors (Lipinski definition) is 3. The van der Waals surface area contributed by atoms with Crippen LogP contribution < -0.4 is 0 Å². The van der Waals surface area contributed by atoms with E-state index in [1.54, 1.807) is 0 Å². The molecule has 0 atom stereocenters. The Bertz CT molecular complexity index is 519. The highest BCUT2D eigenvalue weighted by atomic mass is 19.1. The quantitative estimate of drug-likeness (QED) is 0.450.